The third-order valence-electron chi connectivity index (χ3n) is 6.04. The van der Waals surface area contributed by atoms with E-state index in [4.69, 9.17) is 5.10 Å². The van der Waals surface area contributed by atoms with Crippen molar-refractivity contribution in [3.63, 3.8) is 0 Å². The van der Waals surface area contributed by atoms with Crippen LogP contribution in [0, 0.1) is 13.8 Å². The number of fused-ring (bicyclic) bond motifs is 2. The molecule has 0 saturated carbocycles. The predicted octanol–water partition coefficient (Wildman–Crippen LogP) is 4.24. The van der Waals surface area contributed by atoms with Crippen molar-refractivity contribution in [2.75, 3.05) is 0 Å². The molecule has 2 heterocycles. The first-order valence-corrected chi connectivity index (χ1v) is 10.3. The molecule has 2 aromatic carbocycles. The summed E-state index contributed by atoms with van der Waals surface area (Å²) in [6.07, 6.45) is 8.02. The highest BCUT2D eigenvalue weighted by atomic mass is 16.1. The van der Waals surface area contributed by atoms with E-state index in [0.717, 1.165) is 36.0 Å². The third kappa shape index (κ3) is 3.05. The SMILES string of the molecule is Cc1cccc(-n2ncc3c2CCCC3NC(=O)c2cccc3nccnc23)c1C. The summed E-state index contributed by atoms with van der Waals surface area (Å²) >= 11 is 0. The van der Waals surface area contributed by atoms with Gasteiger partial charge in [0, 0.05) is 23.7 Å². The van der Waals surface area contributed by atoms with Gasteiger partial charge in [-0.25, -0.2) is 4.68 Å². The van der Waals surface area contributed by atoms with Crippen molar-refractivity contribution < 1.29 is 4.79 Å². The quantitative estimate of drug-likeness (QED) is 0.561. The van der Waals surface area contributed by atoms with Gasteiger partial charge >= 0.3 is 0 Å². The molecule has 1 atom stereocenters. The van der Waals surface area contributed by atoms with Gasteiger partial charge in [-0.1, -0.05) is 18.2 Å². The van der Waals surface area contributed by atoms with E-state index in [-0.39, 0.29) is 11.9 Å². The van der Waals surface area contributed by atoms with Crippen molar-refractivity contribution in [2.45, 2.75) is 39.2 Å². The van der Waals surface area contributed by atoms with Gasteiger partial charge in [0.15, 0.2) is 0 Å². The Morgan fingerprint density at radius 3 is 2.83 bits per heavy atom. The summed E-state index contributed by atoms with van der Waals surface area (Å²) in [6.45, 7) is 4.24. The van der Waals surface area contributed by atoms with Crippen LogP contribution in [0.2, 0.25) is 0 Å². The molecule has 1 aliphatic rings. The first kappa shape index (κ1) is 18.5. The fourth-order valence-electron chi connectivity index (χ4n) is 4.29. The normalized spacial score (nSPS) is 15.7. The van der Waals surface area contributed by atoms with Crippen LogP contribution in [0.25, 0.3) is 16.7 Å². The number of carbonyl (C=O) groups is 1. The van der Waals surface area contributed by atoms with E-state index in [1.807, 2.05) is 23.0 Å². The van der Waals surface area contributed by atoms with Gasteiger partial charge in [0.05, 0.1) is 29.0 Å². The van der Waals surface area contributed by atoms with Crippen LogP contribution in [-0.2, 0) is 6.42 Å². The zero-order valence-corrected chi connectivity index (χ0v) is 17.1. The molecular weight excluding hydrogens is 374 g/mol. The third-order valence-corrected chi connectivity index (χ3v) is 6.04. The van der Waals surface area contributed by atoms with Gasteiger partial charge < -0.3 is 5.32 Å². The lowest BCUT2D eigenvalue weighted by molar-refractivity contribution is 0.0934. The molecule has 0 aliphatic heterocycles. The summed E-state index contributed by atoms with van der Waals surface area (Å²) < 4.78 is 2.04. The molecule has 4 aromatic rings. The summed E-state index contributed by atoms with van der Waals surface area (Å²) in [4.78, 5) is 21.8. The van der Waals surface area contributed by atoms with E-state index >= 15 is 0 Å². The zero-order valence-electron chi connectivity index (χ0n) is 17.1. The van der Waals surface area contributed by atoms with Gasteiger partial charge in [0.2, 0.25) is 0 Å². The molecule has 30 heavy (non-hydrogen) atoms. The Kier molecular flexibility index (Phi) is 4.54. The summed E-state index contributed by atoms with van der Waals surface area (Å²) in [5.74, 6) is -0.126. The molecule has 0 bridgehead atoms. The molecule has 1 unspecified atom stereocenters. The second-order valence-electron chi connectivity index (χ2n) is 7.83. The van der Waals surface area contributed by atoms with Gasteiger partial charge in [0.1, 0.15) is 5.52 Å². The summed E-state index contributed by atoms with van der Waals surface area (Å²) in [5, 5.41) is 7.91. The molecule has 6 heteroatoms. The number of nitrogens with one attached hydrogen (secondary N) is 1. The van der Waals surface area contributed by atoms with Crippen molar-refractivity contribution >= 4 is 16.9 Å². The lowest BCUT2D eigenvalue weighted by Crippen LogP contribution is -2.31. The molecule has 1 aliphatic carbocycles. The Balaban J connectivity index is 1.48. The maximum absolute atomic E-state index is 13.1. The number of hydrogen-bond acceptors (Lipinski definition) is 4. The van der Waals surface area contributed by atoms with Crippen LogP contribution < -0.4 is 5.32 Å². The molecule has 0 spiro atoms. The number of amides is 1. The fraction of sp³-hybridized carbons (Fsp3) is 0.250. The van der Waals surface area contributed by atoms with E-state index in [1.165, 1.54) is 16.8 Å². The van der Waals surface area contributed by atoms with Crippen molar-refractivity contribution in [3.05, 3.63) is 82.9 Å². The Labute approximate surface area is 175 Å². The predicted molar refractivity (Wildman–Crippen MR) is 116 cm³/mol. The largest absolute Gasteiger partial charge is 0.345 e. The second-order valence-corrected chi connectivity index (χ2v) is 7.83. The highest BCUT2D eigenvalue weighted by molar-refractivity contribution is 6.04. The maximum Gasteiger partial charge on any atom is 0.254 e. The Morgan fingerprint density at radius 2 is 1.93 bits per heavy atom. The monoisotopic (exact) mass is 397 g/mol. The number of carbonyl (C=O) groups excluding carboxylic acids is 1. The molecule has 1 N–H and O–H groups in total. The summed E-state index contributed by atoms with van der Waals surface area (Å²) in [6, 6.07) is 11.7. The van der Waals surface area contributed by atoms with Crippen molar-refractivity contribution in [2.24, 2.45) is 0 Å². The molecule has 2 aromatic heterocycles. The topological polar surface area (TPSA) is 72.7 Å². The van der Waals surface area contributed by atoms with E-state index < -0.39 is 0 Å². The van der Waals surface area contributed by atoms with E-state index in [9.17, 15) is 4.79 Å². The number of nitrogens with zero attached hydrogens (tertiary/aromatic N) is 4. The highest BCUT2D eigenvalue weighted by Crippen LogP contribution is 2.32. The average molecular weight is 397 g/mol. The van der Waals surface area contributed by atoms with Crippen LogP contribution in [0.5, 0.6) is 0 Å². The minimum atomic E-state index is -0.126. The van der Waals surface area contributed by atoms with Gasteiger partial charge in [-0.2, -0.15) is 5.10 Å². The molecular formula is C24H23N5O. The van der Waals surface area contributed by atoms with Crippen molar-refractivity contribution in [1.29, 1.82) is 0 Å². The molecule has 5 rings (SSSR count). The Hall–Kier alpha value is -3.54. The number of aromatic nitrogens is 4. The lowest BCUT2D eigenvalue weighted by Gasteiger charge is -2.25. The Bertz CT molecular complexity index is 1250. The van der Waals surface area contributed by atoms with Crippen LogP contribution in [-0.4, -0.2) is 25.7 Å². The molecule has 0 radical (unpaired) electrons. The number of benzene rings is 2. The number of para-hydroxylation sites is 1. The Morgan fingerprint density at radius 1 is 1.10 bits per heavy atom. The average Bonchev–Trinajstić information content (AvgIpc) is 3.20. The number of aryl methyl sites for hydroxylation is 1. The standard InChI is InChI=1S/C24H23N5O/c1-15-6-3-10-21(16(15)2)29-22-11-5-8-19(18(22)14-27-29)28-24(30)17-7-4-9-20-23(17)26-13-12-25-20/h3-4,6-7,9-10,12-14,19H,5,8,11H2,1-2H3,(H,28,30). The summed E-state index contributed by atoms with van der Waals surface area (Å²) in [7, 11) is 0. The maximum atomic E-state index is 13.1. The second kappa shape index (κ2) is 7.37. The van der Waals surface area contributed by atoms with Gasteiger partial charge in [0.25, 0.3) is 5.91 Å². The first-order chi connectivity index (χ1) is 14.6. The van der Waals surface area contributed by atoms with Crippen LogP contribution in [0.3, 0.4) is 0 Å². The molecule has 1 amide bonds. The van der Waals surface area contributed by atoms with E-state index in [0.29, 0.717) is 11.1 Å². The minimum absolute atomic E-state index is 0.0629. The number of rotatable bonds is 3. The van der Waals surface area contributed by atoms with Crippen molar-refractivity contribution in [3.8, 4) is 5.69 Å². The highest BCUT2D eigenvalue weighted by Gasteiger charge is 2.27. The van der Waals surface area contributed by atoms with E-state index in [2.05, 4.69) is 47.3 Å². The zero-order chi connectivity index (χ0) is 20.7. The molecule has 150 valence electrons. The molecule has 6 nitrogen and oxygen atoms in total. The van der Waals surface area contributed by atoms with Crippen LogP contribution in [0.1, 0.15) is 51.6 Å². The van der Waals surface area contributed by atoms with Crippen molar-refractivity contribution in [1.82, 2.24) is 25.1 Å². The van der Waals surface area contributed by atoms with Crippen LogP contribution >= 0.6 is 0 Å². The van der Waals surface area contributed by atoms with E-state index in [1.54, 1.807) is 18.5 Å². The molecule has 0 fully saturated rings. The smallest absolute Gasteiger partial charge is 0.254 e. The van der Waals surface area contributed by atoms with Gasteiger partial charge in [-0.05, 0) is 62.4 Å². The molecule has 0 saturated heterocycles. The van der Waals surface area contributed by atoms with Crippen LogP contribution in [0.15, 0.2) is 55.0 Å². The first-order valence-electron chi connectivity index (χ1n) is 10.3. The summed E-state index contributed by atoms with van der Waals surface area (Å²) in [5.41, 5.74) is 7.75. The minimum Gasteiger partial charge on any atom is -0.345 e. The van der Waals surface area contributed by atoms with Gasteiger partial charge in [-0.15, -0.1) is 0 Å². The van der Waals surface area contributed by atoms with Crippen LogP contribution in [0.4, 0.5) is 0 Å². The fourth-order valence-corrected chi connectivity index (χ4v) is 4.29. The number of hydrogen-bond donors (Lipinski definition) is 1. The lowest BCUT2D eigenvalue weighted by atomic mass is 9.92. The van der Waals surface area contributed by atoms with Gasteiger partial charge in [-0.3, -0.25) is 14.8 Å².